The van der Waals surface area contributed by atoms with Crippen LogP contribution in [0.2, 0.25) is 0 Å². The Labute approximate surface area is 90.5 Å². The highest BCUT2D eigenvalue weighted by Gasteiger charge is 1.99. The molecule has 0 saturated heterocycles. The zero-order valence-electron chi connectivity index (χ0n) is 8.92. The van der Waals surface area contributed by atoms with Crippen molar-refractivity contribution in [3.63, 3.8) is 0 Å². The van der Waals surface area contributed by atoms with Gasteiger partial charge in [-0.25, -0.2) is 0 Å². The second kappa shape index (κ2) is 5.80. The van der Waals surface area contributed by atoms with E-state index in [1.165, 1.54) is 0 Å². The van der Waals surface area contributed by atoms with Crippen molar-refractivity contribution >= 4 is 0 Å². The van der Waals surface area contributed by atoms with Crippen molar-refractivity contribution in [1.82, 2.24) is 20.9 Å². The average Bonchev–Trinajstić information content (AvgIpc) is 2.26. The molecular formula is C11H18N4. The van der Waals surface area contributed by atoms with Crippen molar-refractivity contribution in [3.8, 4) is 0 Å². The van der Waals surface area contributed by atoms with E-state index in [2.05, 4.69) is 39.1 Å². The molecule has 4 heteroatoms. The van der Waals surface area contributed by atoms with Crippen LogP contribution < -0.4 is 16.0 Å². The SMILES string of the molecule is c1cc2nc(c1)CNCCNCCNC2. The van der Waals surface area contributed by atoms with E-state index in [0.29, 0.717) is 0 Å². The Morgan fingerprint density at radius 3 is 1.93 bits per heavy atom. The molecule has 0 atom stereocenters. The zero-order chi connectivity index (χ0) is 10.3. The van der Waals surface area contributed by atoms with Crippen molar-refractivity contribution in [1.29, 1.82) is 0 Å². The fourth-order valence-electron chi connectivity index (χ4n) is 1.64. The lowest BCUT2D eigenvalue weighted by Gasteiger charge is -2.11. The third-order valence-corrected chi connectivity index (χ3v) is 2.43. The quantitative estimate of drug-likeness (QED) is 0.553. The van der Waals surface area contributed by atoms with Gasteiger partial charge in [0.15, 0.2) is 0 Å². The van der Waals surface area contributed by atoms with Crippen LogP contribution in [0.15, 0.2) is 18.2 Å². The van der Waals surface area contributed by atoms with Gasteiger partial charge in [0, 0.05) is 39.3 Å². The van der Waals surface area contributed by atoms with Gasteiger partial charge < -0.3 is 16.0 Å². The molecule has 2 rings (SSSR count). The predicted octanol–water partition coefficient (Wildman–Crippen LogP) is -0.136. The molecule has 0 aliphatic carbocycles. The molecule has 0 spiro atoms. The minimum atomic E-state index is 0.857. The first kappa shape index (κ1) is 10.5. The van der Waals surface area contributed by atoms with Crippen LogP contribution in [0, 0.1) is 0 Å². The van der Waals surface area contributed by atoms with Crippen molar-refractivity contribution in [2.45, 2.75) is 13.1 Å². The maximum atomic E-state index is 4.56. The molecule has 1 aliphatic heterocycles. The van der Waals surface area contributed by atoms with Crippen molar-refractivity contribution in [2.24, 2.45) is 0 Å². The van der Waals surface area contributed by atoms with E-state index >= 15 is 0 Å². The lowest BCUT2D eigenvalue weighted by Crippen LogP contribution is -2.33. The van der Waals surface area contributed by atoms with E-state index in [0.717, 1.165) is 50.7 Å². The standard InChI is InChI=1S/C11H18N4/c1-2-10-8-13-6-4-12-5-7-14-9-11(3-1)15-10/h1-3,12-14H,4-9H2. The number of hydrogen-bond donors (Lipinski definition) is 3. The lowest BCUT2D eigenvalue weighted by atomic mass is 10.3. The van der Waals surface area contributed by atoms with Gasteiger partial charge in [0.25, 0.3) is 0 Å². The van der Waals surface area contributed by atoms with Crippen LogP contribution >= 0.6 is 0 Å². The number of nitrogens with one attached hydrogen (secondary N) is 3. The topological polar surface area (TPSA) is 49.0 Å². The molecule has 0 fully saturated rings. The summed E-state index contributed by atoms with van der Waals surface area (Å²) in [6.45, 7) is 5.73. The highest BCUT2D eigenvalue weighted by Crippen LogP contribution is 1.99. The first-order valence-electron chi connectivity index (χ1n) is 5.52. The van der Waals surface area contributed by atoms with Crippen LogP contribution in [0.5, 0.6) is 0 Å². The Morgan fingerprint density at radius 1 is 0.800 bits per heavy atom. The van der Waals surface area contributed by atoms with Gasteiger partial charge in [0.1, 0.15) is 0 Å². The maximum Gasteiger partial charge on any atom is 0.0545 e. The molecule has 4 nitrogen and oxygen atoms in total. The Hall–Kier alpha value is -0.970. The number of rotatable bonds is 0. The molecule has 2 heterocycles. The summed E-state index contributed by atoms with van der Waals surface area (Å²) in [6, 6.07) is 6.20. The Kier molecular flexibility index (Phi) is 4.08. The third kappa shape index (κ3) is 3.58. The molecule has 3 N–H and O–H groups in total. The molecule has 0 unspecified atom stereocenters. The summed E-state index contributed by atoms with van der Waals surface area (Å²) in [4.78, 5) is 4.56. The zero-order valence-corrected chi connectivity index (χ0v) is 8.92. The van der Waals surface area contributed by atoms with Gasteiger partial charge >= 0.3 is 0 Å². The summed E-state index contributed by atoms with van der Waals surface area (Å²) in [5.41, 5.74) is 2.24. The molecule has 1 aromatic heterocycles. The second-order valence-corrected chi connectivity index (χ2v) is 3.72. The third-order valence-electron chi connectivity index (χ3n) is 2.43. The fourth-order valence-corrected chi connectivity index (χ4v) is 1.64. The molecular weight excluding hydrogens is 188 g/mol. The number of hydrogen-bond acceptors (Lipinski definition) is 4. The summed E-state index contributed by atoms with van der Waals surface area (Å²) in [5.74, 6) is 0. The van der Waals surface area contributed by atoms with E-state index in [4.69, 9.17) is 0 Å². The molecule has 2 bridgehead atoms. The lowest BCUT2D eigenvalue weighted by molar-refractivity contribution is 0.565. The first-order chi connectivity index (χ1) is 7.45. The highest BCUT2D eigenvalue weighted by molar-refractivity contribution is 5.11. The summed E-state index contributed by atoms with van der Waals surface area (Å²) in [6.07, 6.45) is 0. The van der Waals surface area contributed by atoms with Crippen molar-refractivity contribution < 1.29 is 0 Å². The van der Waals surface area contributed by atoms with Gasteiger partial charge in [-0.15, -0.1) is 0 Å². The van der Waals surface area contributed by atoms with Gasteiger partial charge in [0.2, 0.25) is 0 Å². The van der Waals surface area contributed by atoms with Crippen LogP contribution in [0.4, 0.5) is 0 Å². The van der Waals surface area contributed by atoms with E-state index < -0.39 is 0 Å². The molecule has 0 amide bonds. The summed E-state index contributed by atoms with van der Waals surface area (Å²) in [7, 11) is 0. The average molecular weight is 206 g/mol. The molecule has 15 heavy (non-hydrogen) atoms. The molecule has 0 radical (unpaired) electrons. The summed E-state index contributed by atoms with van der Waals surface area (Å²) in [5, 5.41) is 10.1. The maximum absolute atomic E-state index is 4.56. The van der Waals surface area contributed by atoms with Gasteiger partial charge in [-0.05, 0) is 12.1 Å². The van der Waals surface area contributed by atoms with Crippen LogP contribution in [0.1, 0.15) is 11.4 Å². The predicted molar refractivity (Wildman–Crippen MR) is 60.5 cm³/mol. The number of pyridine rings is 1. The van der Waals surface area contributed by atoms with Crippen LogP contribution in [-0.4, -0.2) is 31.2 Å². The van der Waals surface area contributed by atoms with Crippen LogP contribution in [0.3, 0.4) is 0 Å². The number of nitrogens with zero attached hydrogens (tertiary/aromatic N) is 1. The number of fused-ring (bicyclic) bond motifs is 2. The Balaban J connectivity index is 2.00. The highest BCUT2D eigenvalue weighted by atomic mass is 15.0. The van der Waals surface area contributed by atoms with E-state index in [9.17, 15) is 0 Å². The molecule has 0 saturated carbocycles. The second-order valence-electron chi connectivity index (χ2n) is 3.72. The Bertz CT molecular complexity index is 275. The molecule has 0 aromatic carbocycles. The van der Waals surface area contributed by atoms with Gasteiger partial charge in [-0.2, -0.15) is 0 Å². The first-order valence-corrected chi connectivity index (χ1v) is 5.52. The monoisotopic (exact) mass is 206 g/mol. The molecule has 1 aromatic rings. The minimum Gasteiger partial charge on any atom is -0.314 e. The minimum absolute atomic E-state index is 0.857. The summed E-state index contributed by atoms with van der Waals surface area (Å²) >= 11 is 0. The van der Waals surface area contributed by atoms with Crippen LogP contribution in [0.25, 0.3) is 0 Å². The molecule has 82 valence electrons. The van der Waals surface area contributed by atoms with Crippen molar-refractivity contribution in [3.05, 3.63) is 29.6 Å². The number of aromatic nitrogens is 1. The van der Waals surface area contributed by atoms with E-state index in [1.54, 1.807) is 0 Å². The molecule has 1 aliphatic rings. The van der Waals surface area contributed by atoms with Crippen molar-refractivity contribution in [2.75, 3.05) is 26.2 Å². The normalized spacial score (nSPS) is 18.9. The fraction of sp³-hybridized carbons (Fsp3) is 0.545. The van der Waals surface area contributed by atoms with Crippen LogP contribution in [-0.2, 0) is 13.1 Å². The largest absolute Gasteiger partial charge is 0.314 e. The summed E-state index contributed by atoms with van der Waals surface area (Å²) < 4.78 is 0. The van der Waals surface area contributed by atoms with Gasteiger partial charge in [-0.3, -0.25) is 4.98 Å². The van der Waals surface area contributed by atoms with E-state index in [-0.39, 0.29) is 0 Å². The van der Waals surface area contributed by atoms with Gasteiger partial charge in [0.05, 0.1) is 11.4 Å². The smallest absolute Gasteiger partial charge is 0.0545 e. The van der Waals surface area contributed by atoms with Gasteiger partial charge in [-0.1, -0.05) is 6.07 Å². The Morgan fingerprint density at radius 2 is 1.33 bits per heavy atom. The van der Waals surface area contributed by atoms with E-state index in [1.807, 2.05) is 0 Å².